The molecule has 1 fully saturated rings. The lowest BCUT2D eigenvalue weighted by molar-refractivity contribution is 0.262. The molecule has 0 saturated carbocycles. The topological polar surface area (TPSA) is 78.5 Å². The van der Waals surface area contributed by atoms with E-state index in [2.05, 4.69) is 10.6 Å². The summed E-state index contributed by atoms with van der Waals surface area (Å²) in [6.07, 6.45) is 0.565. The molecule has 1 aromatic heterocycles. The molecular weight excluding hydrogens is 358 g/mol. The van der Waals surface area contributed by atoms with Crippen molar-refractivity contribution in [2.24, 2.45) is 0 Å². The van der Waals surface area contributed by atoms with Crippen LogP contribution in [-0.2, 0) is 10.0 Å². The van der Waals surface area contributed by atoms with E-state index in [1.54, 1.807) is 24.3 Å². The Balaban J connectivity index is 1.79. The minimum absolute atomic E-state index is 0.111. The van der Waals surface area contributed by atoms with Crippen LogP contribution in [0.5, 0.6) is 0 Å². The van der Waals surface area contributed by atoms with Crippen molar-refractivity contribution in [3.8, 4) is 0 Å². The summed E-state index contributed by atoms with van der Waals surface area (Å²) >= 11 is 7.53. The maximum atomic E-state index is 12.0. The second-order valence-corrected chi connectivity index (χ2v) is 8.33. The number of amides is 2. The number of rotatable bonds is 3. The van der Waals surface area contributed by atoms with Gasteiger partial charge in [0.15, 0.2) is 0 Å². The lowest BCUT2D eigenvalue weighted by atomic mass is 10.2. The summed E-state index contributed by atoms with van der Waals surface area (Å²) in [4.78, 5) is 11.9. The second kappa shape index (κ2) is 6.38. The van der Waals surface area contributed by atoms with Gasteiger partial charge in [-0.3, -0.25) is 9.62 Å². The van der Waals surface area contributed by atoms with Gasteiger partial charge in [-0.15, -0.1) is 11.3 Å². The van der Waals surface area contributed by atoms with Crippen LogP contribution >= 0.6 is 22.9 Å². The fraction of sp³-hybridized carbons (Fsp3) is 0.214. The molecule has 1 aliphatic heterocycles. The smallest absolute Gasteiger partial charge is 0.308 e. The van der Waals surface area contributed by atoms with Gasteiger partial charge in [-0.2, -0.15) is 0 Å². The monoisotopic (exact) mass is 371 g/mol. The summed E-state index contributed by atoms with van der Waals surface area (Å²) in [5.74, 6) is 0.111. The van der Waals surface area contributed by atoms with E-state index in [-0.39, 0.29) is 5.75 Å². The number of nitrogens with zero attached hydrogens (tertiary/aromatic N) is 1. The van der Waals surface area contributed by atoms with Crippen LogP contribution in [0.1, 0.15) is 6.42 Å². The molecule has 0 aliphatic carbocycles. The third-order valence-corrected chi connectivity index (χ3v) is 6.29. The molecule has 9 heteroatoms. The SMILES string of the molecule is O=C(Nc1ccc(Cl)c(N2CCCS2(=O)=O)c1)Nc1cccs1. The highest BCUT2D eigenvalue weighted by atomic mass is 35.5. The van der Waals surface area contributed by atoms with E-state index >= 15 is 0 Å². The molecule has 0 radical (unpaired) electrons. The number of urea groups is 1. The number of anilines is 3. The maximum absolute atomic E-state index is 12.0. The lowest BCUT2D eigenvalue weighted by Gasteiger charge is -2.19. The zero-order valence-corrected chi connectivity index (χ0v) is 14.3. The number of carbonyl (C=O) groups is 1. The van der Waals surface area contributed by atoms with Crippen LogP contribution in [0.15, 0.2) is 35.7 Å². The number of hydrogen-bond donors (Lipinski definition) is 2. The van der Waals surface area contributed by atoms with E-state index in [1.807, 2.05) is 11.4 Å². The van der Waals surface area contributed by atoms with Crippen molar-refractivity contribution in [3.05, 3.63) is 40.7 Å². The number of halogens is 1. The number of hydrogen-bond acceptors (Lipinski definition) is 4. The van der Waals surface area contributed by atoms with Crippen LogP contribution in [0.25, 0.3) is 0 Å². The van der Waals surface area contributed by atoms with Crippen LogP contribution in [-0.4, -0.2) is 26.7 Å². The molecule has 1 aromatic carbocycles. The Morgan fingerprint density at radius 2 is 2.09 bits per heavy atom. The molecule has 0 atom stereocenters. The molecule has 0 bridgehead atoms. The minimum Gasteiger partial charge on any atom is -0.308 e. The van der Waals surface area contributed by atoms with Crippen molar-refractivity contribution >= 4 is 55.4 Å². The Morgan fingerprint density at radius 1 is 1.26 bits per heavy atom. The Labute approximate surface area is 143 Å². The molecule has 6 nitrogen and oxygen atoms in total. The molecule has 2 amide bonds. The van der Waals surface area contributed by atoms with Gasteiger partial charge in [0.1, 0.15) is 0 Å². The van der Waals surface area contributed by atoms with Crippen LogP contribution in [0.4, 0.5) is 21.2 Å². The molecule has 3 rings (SSSR count). The van der Waals surface area contributed by atoms with Crippen molar-refractivity contribution in [3.63, 3.8) is 0 Å². The average Bonchev–Trinajstić information content (AvgIpc) is 3.10. The van der Waals surface area contributed by atoms with E-state index < -0.39 is 16.1 Å². The molecule has 2 aromatic rings. The average molecular weight is 372 g/mol. The molecule has 1 aliphatic rings. The Morgan fingerprint density at radius 3 is 2.74 bits per heavy atom. The van der Waals surface area contributed by atoms with Gasteiger partial charge in [0.2, 0.25) is 10.0 Å². The first-order valence-corrected chi connectivity index (χ1v) is 9.74. The summed E-state index contributed by atoms with van der Waals surface area (Å²) in [5, 5.41) is 8.28. The number of carbonyl (C=O) groups excluding carboxylic acids is 1. The number of benzene rings is 1. The zero-order chi connectivity index (χ0) is 16.4. The zero-order valence-electron chi connectivity index (χ0n) is 12.0. The van der Waals surface area contributed by atoms with Crippen LogP contribution in [0.2, 0.25) is 5.02 Å². The van der Waals surface area contributed by atoms with Gasteiger partial charge in [-0.1, -0.05) is 11.6 Å². The molecule has 122 valence electrons. The van der Waals surface area contributed by atoms with Crippen molar-refractivity contribution in [1.82, 2.24) is 0 Å². The first-order valence-electron chi connectivity index (χ1n) is 6.87. The van der Waals surface area contributed by atoms with E-state index in [4.69, 9.17) is 11.6 Å². The third kappa shape index (κ3) is 3.60. The largest absolute Gasteiger partial charge is 0.324 e. The Hall–Kier alpha value is -1.77. The summed E-state index contributed by atoms with van der Waals surface area (Å²) in [6.45, 7) is 0.396. The van der Waals surface area contributed by atoms with Gasteiger partial charge in [-0.05, 0) is 42.1 Å². The minimum atomic E-state index is -3.33. The van der Waals surface area contributed by atoms with Gasteiger partial charge in [0.05, 0.1) is 21.5 Å². The predicted molar refractivity (Wildman–Crippen MR) is 94.2 cm³/mol. The first kappa shape index (κ1) is 16.1. The standard InChI is InChI=1S/C14H14ClN3O3S2/c15-11-5-4-10(16-14(19)17-13-3-1-7-22-13)9-12(11)18-6-2-8-23(18,20)21/h1,3-5,7,9H,2,6,8H2,(H2,16,17,19). The molecule has 2 heterocycles. The highest BCUT2D eigenvalue weighted by Gasteiger charge is 2.30. The number of sulfonamides is 1. The summed E-state index contributed by atoms with van der Waals surface area (Å²) < 4.78 is 25.3. The van der Waals surface area contributed by atoms with Gasteiger partial charge in [-0.25, -0.2) is 13.2 Å². The maximum Gasteiger partial charge on any atom is 0.324 e. The molecule has 1 saturated heterocycles. The second-order valence-electron chi connectivity index (χ2n) is 4.96. The fourth-order valence-corrected chi connectivity index (χ4v) is 4.77. The molecule has 0 spiro atoms. The third-order valence-electron chi connectivity index (χ3n) is 3.33. The Bertz CT molecular complexity index is 822. The molecule has 2 N–H and O–H groups in total. The van der Waals surface area contributed by atoms with Crippen molar-refractivity contribution in [2.45, 2.75) is 6.42 Å². The van der Waals surface area contributed by atoms with Crippen LogP contribution < -0.4 is 14.9 Å². The first-order chi connectivity index (χ1) is 11.0. The van der Waals surface area contributed by atoms with Gasteiger partial charge < -0.3 is 5.32 Å². The molecule has 23 heavy (non-hydrogen) atoms. The van der Waals surface area contributed by atoms with E-state index in [9.17, 15) is 13.2 Å². The lowest BCUT2D eigenvalue weighted by Crippen LogP contribution is -2.25. The summed E-state index contributed by atoms with van der Waals surface area (Å²) in [7, 11) is -3.33. The highest BCUT2D eigenvalue weighted by molar-refractivity contribution is 7.93. The highest BCUT2D eigenvalue weighted by Crippen LogP contribution is 2.33. The van der Waals surface area contributed by atoms with Gasteiger partial charge >= 0.3 is 6.03 Å². The van der Waals surface area contributed by atoms with Gasteiger partial charge in [0, 0.05) is 12.2 Å². The van der Waals surface area contributed by atoms with Crippen molar-refractivity contribution < 1.29 is 13.2 Å². The molecule has 0 unspecified atom stereocenters. The van der Waals surface area contributed by atoms with Crippen LogP contribution in [0.3, 0.4) is 0 Å². The van der Waals surface area contributed by atoms with Crippen molar-refractivity contribution in [1.29, 1.82) is 0 Å². The van der Waals surface area contributed by atoms with Gasteiger partial charge in [0.25, 0.3) is 0 Å². The van der Waals surface area contributed by atoms with E-state index in [0.29, 0.717) is 29.4 Å². The number of thiophene rings is 1. The number of nitrogens with one attached hydrogen (secondary N) is 2. The predicted octanol–water partition coefficient (Wildman–Crippen LogP) is 3.59. The molecular formula is C14H14ClN3O3S2. The summed E-state index contributed by atoms with van der Waals surface area (Å²) in [5.41, 5.74) is 0.860. The Kier molecular flexibility index (Phi) is 4.47. The summed E-state index contributed by atoms with van der Waals surface area (Å²) in [6, 6.07) is 7.99. The van der Waals surface area contributed by atoms with Crippen LogP contribution in [0, 0.1) is 0 Å². The van der Waals surface area contributed by atoms with E-state index in [1.165, 1.54) is 15.6 Å². The van der Waals surface area contributed by atoms with E-state index in [0.717, 1.165) is 5.00 Å². The normalized spacial score (nSPS) is 16.3. The fourth-order valence-electron chi connectivity index (χ4n) is 2.32. The van der Waals surface area contributed by atoms with Crippen molar-refractivity contribution in [2.75, 3.05) is 27.2 Å². The quantitative estimate of drug-likeness (QED) is 0.865.